The van der Waals surface area contributed by atoms with Crippen LogP contribution in [0.5, 0.6) is 0 Å². The molecule has 0 bridgehead atoms. The van der Waals surface area contributed by atoms with E-state index < -0.39 is 17.8 Å². The van der Waals surface area contributed by atoms with Crippen LogP contribution in [0.1, 0.15) is 74.3 Å². The number of carbonyl (C=O) groups is 3. The van der Waals surface area contributed by atoms with Gasteiger partial charge < -0.3 is 15.0 Å². The first-order chi connectivity index (χ1) is 19.2. The number of fused-ring (bicyclic) bond motifs is 1. The van der Waals surface area contributed by atoms with Crippen LogP contribution >= 0.6 is 0 Å². The van der Waals surface area contributed by atoms with Crippen LogP contribution in [0.15, 0.2) is 42.5 Å². The maximum Gasteiger partial charge on any atom is 0.320 e. The predicted octanol–water partition coefficient (Wildman–Crippen LogP) is 4.73. The summed E-state index contributed by atoms with van der Waals surface area (Å²) in [6.07, 6.45) is 4.44. The van der Waals surface area contributed by atoms with Gasteiger partial charge in [-0.2, -0.15) is 0 Å². The van der Waals surface area contributed by atoms with Gasteiger partial charge in [0.05, 0.1) is 11.0 Å². The summed E-state index contributed by atoms with van der Waals surface area (Å²) < 4.78 is 15.5. The van der Waals surface area contributed by atoms with Crippen molar-refractivity contribution in [1.29, 1.82) is 0 Å². The molecular formula is C30H36FN5O4. The minimum Gasteiger partial charge on any atom is -0.480 e. The van der Waals surface area contributed by atoms with Gasteiger partial charge in [-0.05, 0) is 101 Å². The second kappa shape index (κ2) is 11.8. The summed E-state index contributed by atoms with van der Waals surface area (Å²) in [5.74, 6) is -1.17. The average Bonchev–Trinajstić information content (AvgIpc) is 3.53. The van der Waals surface area contributed by atoms with Crippen LogP contribution in [0.25, 0.3) is 11.0 Å². The first-order valence-electron chi connectivity index (χ1n) is 14.0. The Balaban J connectivity index is 1.44. The lowest BCUT2D eigenvalue weighted by molar-refractivity contribution is -0.142. The highest BCUT2D eigenvalue weighted by atomic mass is 19.1. The van der Waals surface area contributed by atoms with Gasteiger partial charge in [-0.25, -0.2) is 9.37 Å². The molecule has 9 nitrogen and oxygen atoms in total. The third kappa shape index (κ3) is 6.01. The lowest BCUT2D eigenvalue weighted by Crippen LogP contribution is -2.37. The van der Waals surface area contributed by atoms with E-state index in [0.717, 1.165) is 49.7 Å². The number of hydrogen-bond donors (Lipinski definition) is 3. The molecule has 2 aromatic carbocycles. The average molecular weight is 550 g/mol. The number of halogens is 1. The first-order valence-corrected chi connectivity index (χ1v) is 14.0. The highest BCUT2D eigenvalue weighted by Crippen LogP contribution is 2.37. The van der Waals surface area contributed by atoms with E-state index in [1.165, 1.54) is 24.3 Å². The summed E-state index contributed by atoms with van der Waals surface area (Å²) >= 11 is 0. The molecular weight excluding hydrogens is 513 g/mol. The van der Waals surface area contributed by atoms with Crippen molar-refractivity contribution in [2.45, 2.75) is 77.0 Å². The van der Waals surface area contributed by atoms with Crippen LogP contribution in [0.2, 0.25) is 0 Å². The molecule has 1 aliphatic carbocycles. The summed E-state index contributed by atoms with van der Waals surface area (Å²) in [5.41, 5.74) is 2.87. The van der Waals surface area contributed by atoms with Crippen molar-refractivity contribution in [2.24, 2.45) is 5.92 Å². The maximum atomic E-state index is 13.4. The van der Waals surface area contributed by atoms with Gasteiger partial charge in [-0.1, -0.05) is 6.07 Å². The van der Waals surface area contributed by atoms with Crippen molar-refractivity contribution < 1.29 is 23.9 Å². The van der Waals surface area contributed by atoms with Gasteiger partial charge in [-0.15, -0.1) is 0 Å². The Bertz CT molecular complexity index is 1400. The van der Waals surface area contributed by atoms with Crippen LogP contribution in [0, 0.1) is 11.7 Å². The third-order valence-electron chi connectivity index (χ3n) is 7.98. The zero-order valence-corrected chi connectivity index (χ0v) is 22.9. The van der Waals surface area contributed by atoms with E-state index in [-0.39, 0.29) is 29.8 Å². The van der Waals surface area contributed by atoms with Gasteiger partial charge in [0.1, 0.15) is 11.9 Å². The molecule has 0 radical (unpaired) electrons. The number of carboxylic acid groups (broad SMARTS) is 1. The molecule has 2 amide bonds. The topological polar surface area (TPSA) is 117 Å². The van der Waals surface area contributed by atoms with E-state index in [0.29, 0.717) is 30.0 Å². The van der Waals surface area contributed by atoms with Crippen molar-refractivity contribution in [3.8, 4) is 0 Å². The van der Waals surface area contributed by atoms with E-state index in [2.05, 4.69) is 15.2 Å². The van der Waals surface area contributed by atoms with Gasteiger partial charge >= 0.3 is 5.97 Å². The molecule has 10 heteroatoms. The highest BCUT2D eigenvalue weighted by molar-refractivity contribution is 6.04. The van der Waals surface area contributed by atoms with Crippen molar-refractivity contribution in [3.05, 3.63) is 59.4 Å². The van der Waals surface area contributed by atoms with Crippen molar-refractivity contribution >= 4 is 34.8 Å². The lowest BCUT2D eigenvalue weighted by atomic mass is 9.85. The van der Waals surface area contributed by atoms with Gasteiger partial charge in [0.15, 0.2) is 0 Å². The fraction of sp³-hybridized carbons (Fsp3) is 0.467. The van der Waals surface area contributed by atoms with Crippen LogP contribution in [0.3, 0.4) is 0 Å². The summed E-state index contributed by atoms with van der Waals surface area (Å²) in [5, 5.41) is 15.6. The Labute approximate surface area is 232 Å². The van der Waals surface area contributed by atoms with Gasteiger partial charge in [0.2, 0.25) is 11.9 Å². The Morgan fingerprint density at radius 3 is 2.45 bits per heavy atom. The second-order valence-corrected chi connectivity index (χ2v) is 11.2. The number of benzene rings is 2. The standard InChI is InChI=1S/C30H36FN5O4/c1-18(2)32-27(37)21-8-12-23(13-9-21)36-26-16-19(17-35-15-3-4-25(35)29(39)40)5-14-24(26)33-30(36)34-28(38)20-6-10-22(31)11-7-20/h5-7,10-11,14,16,18,21,23,25H,3-4,8-9,12-13,15,17H2,1-2H3,(H,32,37)(H,39,40)(H,33,34,38). The number of anilines is 1. The first kappa shape index (κ1) is 27.8. The summed E-state index contributed by atoms with van der Waals surface area (Å²) in [7, 11) is 0. The summed E-state index contributed by atoms with van der Waals surface area (Å²) in [6, 6.07) is 10.9. The number of aromatic nitrogens is 2. The Morgan fingerprint density at radius 2 is 1.77 bits per heavy atom. The molecule has 2 aliphatic rings. The van der Waals surface area contributed by atoms with Gasteiger partial charge in [0.25, 0.3) is 5.91 Å². The zero-order valence-electron chi connectivity index (χ0n) is 22.9. The molecule has 212 valence electrons. The molecule has 1 atom stereocenters. The number of nitrogens with one attached hydrogen (secondary N) is 2. The molecule has 3 N–H and O–H groups in total. The lowest BCUT2D eigenvalue weighted by Gasteiger charge is -2.30. The number of hydrogen-bond acceptors (Lipinski definition) is 5. The number of carboxylic acids is 1. The fourth-order valence-corrected chi connectivity index (χ4v) is 6.00. The molecule has 1 saturated heterocycles. The third-order valence-corrected chi connectivity index (χ3v) is 7.98. The number of aliphatic carboxylic acids is 1. The van der Waals surface area contributed by atoms with Crippen LogP contribution < -0.4 is 10.6 Å². The monoisotopic (exact) mass is 549 g/mol. The van der Waals surface area contributed by atoms with Crippen LogP contribution in [-0.4, -0.2) is 56.0 Å². The second-order valence-electron chi connectivity index (χ2n) is 11.2. The minimum absolute atomic E-state index is 0.0189. The van der Waals surface area contributed by atoms with E-state index >= 15 is 0 Å². The predicted molar refractivity (Wildman–Crippen MR) is 149 cm³/mol. The summed E-state index contributed by atoms with van der Waals surface area (Å²) in [6.45, 7) is 5.15. The van der Waals surface area contributed by atoms with Crippen molar-refractivity contribution in [1.82, 2.24) is 19.8 Å². The molecule has 2 fully saturated rings. The Hall–Kier alpha value is -3.79. The van der Waals surface area contributed by atoms with Crippen molar-refractivity contribution in [2.75, 3.05) is 11.9 Å². The molecule has 1 aromatic heterocycles. The Morgan fingerprint density at radius 1 is 1.05 bits per heavy atom. The Kier molecular flexibility index (Phi) is 8.16. The fourth-order valence-electron chi connectivity index (χ4n) is 6.00. The minimum atomic E-state index is -0.798. The smallest absolute Gasteiger partial charge is 0.320 e. The number of likely N-dealkylation sites (tertiary alicyclic amines) is 1. The summed E-state index contributed by atoms with van der Waals surface area (Å²) in [4.78, 5) is 44.1. The zero-order chi connectivity index (χ0) is 28.4. The molecule has 40 heavy (non-hydrogen) atoms. The molecule has 1 aliphatic heterocycles. The van der Waals surface area contributed by atoms with Gasteiger partial charge in [0, 0.05) is 30.1 Å². The molecule has 2 heterocycles. The number of rotatable bonds is 8. The van der Waals surface area contributed by atoms with Gasteiger partial charge in [-0.3, -0.25) is 24.6 Å². The highest BCUT2D eigenvalue weighted by Gasteiger charge is 2.32. The van der Waals surface area contributed by atoms with E-state index in [4.69, 9.17) is 4.98 Å². The normalized spacial score (nSPS) is 21.6. The SMILES string of the molecule is CC(C)NC(=O)C1CCC(n2c(NC(=O)c3ccc(F)cc3)nc3ccc(CN4CCCC4C(=O)O)cc32)CC1. The van der Waals surface area contributed by atoms with Crippen LogP contribution in [-0.2, 0) is 16.1 Å². The number of imidazole rings is 1. The number of carbonyl (C=O) groups excluding carboxylic acids is 2. The molecule has 0 spiro atoms. The van der Waals surface area contributed by atoms with E-state index in [9.17, 15) is 23.9 Å². The largest absolute Gasteiger partial charge is 0.480 e. The molecule has 1 saturated carbocycles. The van der Waals surface area contributed by atoms with Crippen molar-refractivity contribution in [3.63, 3.8) is 0 Å². The maximum absolute atomic E-state index is 13.4. The molecule has 3 aromatic rings. The quantitative estimate of drug-likeness (QED) is 0.374. The molecule has 1 unspecified atom stereocenters. The van der Waals surface area contributed by atoms with E-state index in [1.54, 1.807) is 0 Å². The van der Waals surface area contributed by atoms with E-state index in [1.807, 2.05) is 36.9 Å². The van der Waals surface area contributed by atoms with Crippen LogP contribution in [0.4, 0.5) is 10.3 Å². The number of nitrogens with zero attached hydrogens (tertiary/aromatic N) is 3. The number of amides is 2. The molecule has 5 rings (SSSR count).